The molecule has 0 radical (unpaired) electrons. The molecule has 3 nitrogen and oxygen atoms in total. The van der Waals surface area contributed by atoms with E-state index in [1.165, 1.54) is 0 Å². The number of anilines is 1. The molecule has 0 aliphatic carbocycles. The Kier molecular flexibility index (Phi) is 4.82. The second-order valence-electron chi connectivity index (χ2n) is 4.71. The highest BCUT2D eigenvalue weighted by atomic mass is 16.3. The Hall–Kier alpha value is -1.22. The number of rotatable bonds is 5. The van der Waals surface area contributed by atoms with Gasteiger partial charge < -0.3 is 15.1 Å². The SMILES string of the molecule is CCCN(c1ccc(C(C)O)c(O)c1)C(C)C. The third-order valence-corrected chi connectivity index (χ3v) is 2.88. The fraction of sp³-hybridized carbons (Fsp3) is 0.571. The molecule has 1 aromatic rings. The minimum absolute atomic E-state index is 0.166. The van der Waals surface area contributed by atoms with Crippen LogP contribution in [0.5, 0.6) is 5.75 Å². The number of phenolic OH excluding ortho intramolecular Hbond substituents is 1. The van der Waals surface area contributed by atoms with Gasteiger partial charge in [0, 0.05) is 29.9 Å². The van der Waals surface area contributed by atoms with Gasteiger partial charge in [0.05, 0.1) is 6.10 Å². The summed E-state index contributed by atoms with van der Waals surface area (Å²) in [6, 6.07) is 5.88. The van der Waals surface area contributed by atoms with Crippen LogP contribution in [0, 0.1) is 0 Å². The molecule has 0 aliphatic heterocycles. The first-order chi connectivity index (χ1) is 7.97. The van der Waals surface area contributed by atoms with Gasteiger partial charge in [-0.05, 0) is 33.3 Å². The van der Waals surface area contributed by atoms with Crippen LogP contribution in [0.3, 0.4) is 0 Å². The maximum atomic E-state index is 9.87. The lowest BCUT2D eigenvalue weighted by atomic mass is 10.1. The van der Waals surface area contributed by atoms with Gasteiger partial charge in [0.25, 0.3) is 0 Å². The number of phenols is 1. The Morgan fingerprint density at radius 2 is 1.88 bits per heavy atom. The smallest absolute Gasteiger partial charge is 0.123 e. The van der Waals surface area contributed by atoms with Crippen LogP contribution < -0.4 is 4.90 Å². The van der Waals surface area contributed by atoms with Crippen molar-refractivity contribution < 1.29 is 10.2 Å². The van der Waals surface area contributed by atoms with Gasteiger partial charge in [-0.25, -0.2) is 0 Å². The lowest BCUT2D eigenvalue weighted by Crippen LogP contribution is -2.31. The van der Waals surface area contributed by atoms with Gasteiger partial charge in [0.15, 0.2) is 0 Å². The second kappa shape index (κ2) is 5.92. The number of hydrogen-bond donors (Lipinski definition) is 2. The first-order valence-electron chi connectivity index (χ1n) is 6.25. The molecule has 1 rings (SSSR count). The lowest BCUT2D eigenvalue weighted by Gasteiger charge is -2.29. The van der Waals surface area contributed by atoms with Crippen molar-refractivity contribution in [2.45, 2.75) is 46.3 Å². The number of aliphatic hydroxyl groups excluding tert-OH is 1. The van der Waals surface area contributed by atoms with Crippen molar-refractivity contribution in [1.29, 1.82) is 0 Å². The van der Waals surface area contributed by atoms with Gasteiger partial charge in [-0.3, -0.25) is 0 Å². The largest absolute Gasteiger partial charge is 0.507 e. The second-order valence-corrected chi connectivity index (χ2v) is 4.71. The van der Waals surface area contributed by atoms with Crippen molar-refractivity contribution in [1.82, 2.24) is 0 Å². The van der Waals surface area contributed by atoms with E-state index in [-0.39, 0.29) is 5.75 Å². The van der Waals surface area contributed by atoms with E-state index in [4.69, 9.17) is 0 Å². The van der Waals surface area contributed by atoms with E-state index in [0.29, 0.717) is 11.6 Å². The highest BCUT2D eigenvalue weighted by Crippen LogP contribution is 2.29. The molecule has 0 spiro atoms. The molecule has 1 atom stereocenters. The maximum Gasteiger partial charge on any atom is 0.123 e. The van der Waals surface area contributed by atoms with E-state index in [9.17, 15) is 10.2 Å². The summed E-state index contributed by atoms with van der Waals surface area (Å²) < 4.78 is 0. The Balaban J connectivity index is 3.02. The average molecular weight is 237 g/mol. The monoisotopic (exact) mass is 237 g/mol. The Bertz CT molecular complexity index is 361. The van der Waals surface area contributed by atoms with E-state index in [1.807, 2.05) is 6.07 Å². The molecule has 0 fully saturated rings. The summed E-state index contributed by atoms with van der Waals surface area (Å²) in [6.45, 7) is 9.02. The normalized spacial score (nSPS) is 12.8. The van der Waals surface area contributed by atoms with Crippen LogP contribution in [-0.2, 0) is 0 Å². The number of hydrogen-bond acceptors (Lipinski definition) is 3. The molecule has 0 saturated carbocycles. The van der Waals surface area contributed by atoms with Crippen LogP contribution in [0.25, 0.3) is 0 Å². The maximum absolute atomic E-state index is 9.87. The van der Waals surface area contributed by atoms with Gasteiger partial charge in [-0.15, -0.1) is 0 Å². The summed E-state index contributed by atoms with van der Waals surface area (Å²) >= 11 is 0. The minimum atomic E-state index is -0.636. The molecule has 2 N–H and O–H groups in total. The van der Waals surface area contributed by atoms with Gasteiger partial charge >= 0.3 is 0 Å². The van der Waals surface area contributed by atoms with Crippen molar-refractivity contribution in [2.75, 3.05) is 11.4 Å². The van der Waals surface area contributed by atoms with Gasteiger partial charge in [-0.1, -0.05) is 13.0 Å². The molecule has 0 bridgehead atoms. The van der Waals surface area contributed by atoms with Gasteiger partial charge in [0.2, 0.25) is 0 Å². The van der Waals surface area contributed by atoms with Crippen LogP contribution in [-0.4, -0.2) is 22.8 Å². The molecule has 0 aromatic heterocycles. The number of aliphatic hydroxyl groups is 1. The van der Waals surface area contributed by atoms with Crippen LogP contribution >= 0.6 is 0 Å². The standard InChI is InChI=1S/C14H23NO2/c1-5-8-15(10(2)3)12-6-7-13(11(4)16)14(17)9-12/h6-7,9-11,16-17H,5,8H2,1-4H3. The van der Waals surface area contributed by atoms with Gasteiger partial charge in [0.1, 0.15) is 5.75 Å². The highest BCUT2D eigenvalue weighted by molar-refractivity contribution is 5.54. The Morgan fingerprint density at radius 1 is 1.24 bits per heavy atom. The van der Waals surface area contributed by atoms with Crippen LogP contribution in [0.15, 0.2) is 18.2 Å². The number of nitrogens with zero attached hydrogens (tertiary/aromatic N) is 1. The highest BCUT2D eigenvalue weighted by Gasteiger charge is 2.13. The van der Waals surface area contributed by atoms with Crippen molar-refractivity contribution in [3.05, 3.63) is 23.8 Å². The van der Waals surface area contributed by atoms with E-state index < -0.39 is 6.10 Å². The van der Waals surface area contributed by atoms with Gasteiger partial charge in [-0.2, -0.15) is 0 Å². The molecule has 1 unspecified atom stereocenters. The zero-order chi connectivity index (χ0) is 13.0. The first-order valence-corrected chi connectivity index (χ1v) is 6.25. The summed E-state index contributed by atoms with van der Waals surface area (Å²) in [6.07, 6.45) is 0.430. The van der Waals surface area contributed by atoms with Crippen LogP contribution in [0.2, 0.25) is 0 Å². The fourth-order valence-electron chi connectivity index (χ4n) is 1.99. The van der Waals surface area contributed by atoms with Crippen LogP contribution in [0.1, 0.15) is 45.8 Å². The third-order valence-electron chi connectivity index (χ3n) is 2.88. The molecule has 0 amide bonds. The predicted molar refractivity (Wildman–Crippen MR) is 71.5 cm³/mol. The summed E-state index contributed by atoms with van der Waals surface area (Å²) in [4.78, 5) is 2.24. The zero-order valence-electron chi connectivity index (χ0n) is 11.1. The molecular formula is C14H23NO2. The van der Waals surface area contributed by atoms with E-state index in [0.717, 1.165) is 18.7 Å². The van der Waals surface area contributed by atoms with Crippen molar-refractivity contribution >= 4 is 5.69 Å². The Morgan fingerprint density at radius 3 is 2.29 bits per heavy atom. The molecule has 0 aliphatic rings. The lowest BCUT2D eigenvalue weighted by molar-refractivity contribution is 0.195. The number of aromatic hydroxyl groups is 1. The van der Waals surface area contributed by atoms with E-state index in [1.54, 1.807) is 19.1 Å². The van der Waals surface area contributed by atoms with Crippen molar-refractivity contribution in [2.24, 2.45) is 0 Å². The van der Waals surface area contributed by atoms with Crippen LogP contribution in [0.4, 0.5) is 5.69 Å². The molecular weight excluding hydrogens is 214 g/mol. The molecule has 1 aromatic carbocycles. The third kappa shape index (κ3) is 3.37. The zero-order valence-corrected chi connectivity index (χ0v) is 11.1. The number of benzene rings is 1. The average Bonchev–Trinajstić information content (AvgIpc) is 2.24. The topological polar surface area (TPSA) is 43.7 Å². The summed E-state index contributed by atoms with van der Waals surface area (Å²) in [5.41, 5.74) is 1.58. The Labute approximate surface area is 104 Å². The molecule has 17 heavy (non-hydrogen) atoms. The fourth-order valence-corrected chi connectivity index (χ4v) is 1.99. The summed E-state index contributed by atoms with van der Waals surface area (Å²) in [5, 5.41) is 19.3. The van der Waals surface area contributed by atoms with Crippen molar-refractivity contribution in [3.8, 4) is 5.75 Å². The summed E-state index contributed by atoms with van der Waals surface area (Å²) in [5.74, 6) is 0.166. The predicted octanol–water partition coefficient (Wildman–Crippen LogP) is 3.07. The minimum Gasteiger partial charge on any atom is -0.507 e. The molecule has 0 saturated heterocycles. The molecule has 96 valence electrons. The van der Waals surface area contributed by atoms with Crippen molar-refractivity contribution in [3.63, 3.8) is 0 Å². The van der Waals surface area contributed by atoms with E-state index in [2.05, 4.69) is 25.7 Å². The molecule has 0 heterocycles. The quantitative estimate of drug-likeness (QED) is 0.827. The van der Waals surface area contributed by atoms with E-state index >= 15 is 0 Å². The molecule has 3 heteroatoms. The first kappa shape index (κ1) is 13.8. The summed E-state index contributed by atoms with van der Waals surface area (Å²) in [7, 11) is 0.